The van der Waals surface area contributed by atoms with Crippen molar-refractivity contribution in [3.8, 4) is 0 Å². The van der Waals surface area contributed by atoms with E-state index in [1.54, 1.807) is 7.11 Å². The van der Waals surface area contributed by atoms with E-state index in [-0.39, 0.29) is 5.60 Å². The van der Waals surface area contributed by atoms with Gasteiger partial charge in [0, 0.05) is 13.7 Å². The first-order valence-corrected chi connectivity index (χ1v) is 5.42. The predicted molar refractivity (Wildman–Crippen MR) is 57.2 cm³/mol. The van der Waals surface area contributed by atoms with Gasteiger partial charge in [0.05, 0.1) is 5.60 Å². The van der Waals surface area contributed by atoms with Crippen LogP contribution in [0, 0.1) is 0 Å². The summed E-state index contributed by atoms with van der Waals surface area (Å²) in [7, 11) is 1.69. The van der Waals surface area contributed by atoms with Gasteiger partial charge in [-0.1, -0.05) is 11.3 Å². The van der Waals surface area contributed by atoms with Gasteiger partial charge in [0.15, 0.2) is 3.92 Å². The first-order valence-electron chi connectivity index (χ1n) is 3.81. The van der Waals surface area contributed by atoms with E-state index in [0.29, 0.717) is 6.54 Å². The fraction of sp³-hybridized carbons (Fsp3) is 0.714. The van der Waals surface area contributed by atoms with E-state index < -0.39 is 0 Å². The number of methoxy groups -OCH3 is 1. The second-order valence-electron chi connectivity index (χ2n) is 3.18. The van der Waals surface area contributed by atoms with Gasteiger partial charge in [-0.3, -0.25) is 0 Å². The number of anilines is 1. The zero-order chi connectivity index (χ0) is 9.90. The maximum absolute atomic E-state index is 5.25. The zero-order valence-corrected chi connectivity index (χ0v) is 10.2. The van der Waals surface area contributed by atoms with Gasteiger partial charge >= 0.3 is 0 Å². The molecule has 0 radical (unpaired) electrons. The molecule has 1 N–H and O–H groups in total. The van der Waals surface area contributed by atoms with E-state index in [1.807, 2.05) is 13.8 Å². The molecular formula is C7H12BrN3OS. The fourth-order valence-electron chi connectivity index (χ4n) is 0.637. The van der Waals surface area contributed by atoms with Gasteiger partial charge in [0.2, 0.25) is 5.13 Å². The van der Waals surface area contributed by atoms with Crippen LogP contribution in [0.5, 0.6) is 0 Å². The Balaban J connectivity index is 2.43. The number of ether oxygens (including phenoxy) is 1. The molecule has 1 heterocycles. The topological polar surface area (TPSA) is 47.0 Å². The van der Waals surface area contributed by atoms with Gasteiger partial charge in [0.1, 0.15) is 0 Å². The molecule has 13 heavy (non-hydrogen) atoms. The Bertz CT molecular complexity index is 276. The molecule has 0 amide bonds. The Morgan fingerprint density at radius 1 is 1.54 bits per heavy atom. The zero-order valence-electron chi connectivity index (χ0n) is 7.80. The van der Waals surface area contributed by atoms with E-state index in [1.165, 1.54) is 11.3 Å². The smallest absolute Gasteiger partial charge is 0.206 e. The Labute approximate surface area is 89.8 Å². The highest BCUT2D eigenvalue weighted by Gasteiger charge is 2.16. The molecular weight excluding hydrogens is 254 g/mol. The number of nitrogens with one attached hydrogen (secondary N) is 1. The van der Waals surface area contributed by atoms with Crippen molar-refractivity contribution in [1.29, 1.82) is 0 Å². The predicted octanol–water partition coefficient (Wildman–Crippen LogP) is 2.14. The standard InChI is InChI=1S/C7H12BrN3OS/c1-7(2,12-3)4-9-6-11-10-5(8)13-6/h4H2,1-3H3,(H,9,11). The Kier molecular flexibility index (Phi) is 3.63. The summed E-state index contributed by atoms with van der Waals surface area (Å²) in [5, 5.41) is 11.7. The van der Waals surface area contributed by atoms with E-state index in [2.05, 4.69) is 31.4 Å². The minimum Gasteiger partial charge on any atom is -0.377 e. The molecule has 6 heteroatoms. The Morgan fingerprint density at radius 2 is 2.23 bits per heavy atom. The lowest BCUT2D eigenvalue weighted by Crippen LogP contribution is -2.31. The summed E-state index contributed by atoms with van der Waals surface area (Å²) in [6.45, 7) is 4.73. The first-order chi connectivity index (χ1) is 6.03. The third-order valence-corrected chi connectivity index (χ3v) is 2.93. The van der Waals surface area contributed by atoms with Gasteiger partial charge in [0.25, 0.3) is 0 Å². The maximum atomic E-state index is 5.25. The van der Waals surface area contributed by atoms with Crippen LogP contribution in [0.1, 0.15) is 13.8 Å². The lowest BCUT2D eigenvalue weighted by molar-refractivity contribution is 0.0343. The molecule has 1 rings (SSSR count). The lowest BCUT2D eigenvalue weighted by Gasteiger charge is -2.22. The van der Waals surface area contributed by atoms with Crippen LogP contribution >= 0.6 is 27.3 Å². The maximum Gasteiger partial charge on any atom is 0.206 e. The van der Waals surface area contributed by atoms with E-state index >= 15 is 0 Å². The SMILES string of the molecule is COC(C)(C)CNc1nnc(Br)s1. The lowest BCUT2D eigenvalue weighted by atomic mass is 10.1. The molecule has 74 valence electrons. The van der Waals surface area contributed by atoms with Gasteiger partial charge < -0.3 is 10.1 Å². The van der Waals surface area contributed by atoms with Crippen molar-refractivity contribution >= 4 is 32.4 Å². The molecule has 0 saturated carbocycles. The monoisotopic (exact) mass is 265 g/mol. The van der Waals surface area contributed by atoms with Crippen molar-refractivity contribution in [2.45, 2.75) is 19.4 Å². The van der Waals surface area contributed by atoms with Gasteiger partial charge in [-0.15, -0.1) is 10.2 Å². The van der Waals surface area contributed by atoms with Crippen LogP contribution in [0.2, 0.25) is 0 Å². The Hall–Kier alpha value is -0.200. The van der Waals surface area contributed by atoms with Gasteiger partial charge in [-0.2, -0.15) is 0 Å². The van der Waals surface area contributed by atoms with Crippen molar-refractivity contribution in [3.63, 3.8) is 0 Å². The highest BCUT2D eigenvalue weighted by molar-refractivity contribution is 9.11. The number of halogens is 1. The van der Waals surface area contributed by atoms with E-state index in [9.17, 15) is 0 Å². The summed E-state index contributed by atoms with van der Waals surface area (Å²) in [5.41, 5.74) is -0.182. The number of aromatic nitrogens is 2. The highest BCUT2D eigenvalue weighted by atomic mass is 79.9. The van der Waals surface area contributed by atoms with Crippen LogP contribution in [-0.2, 0) is 4.74 Å². The first kappa shape index (κ1) is 10.9. The summed E-state index contributed by atoms with van der Waals surface area (Å²) in [5.74, 6) is 0. The molecule has 0 atom stereocenters. The second kappa shape index (κ2) is 4.34. The molecule has 1 aromatic rings. The van der Waals surface area contributed by atoms with Crippen LogP contribution < -0.4 is 5.32 Å². The largest absolute Gasteiger partial charge is 0.377 e. The molecule has 0 aliphatic heterocycles. The third kappa shape index (κ3) is 3.58. The van der Waals surface area contributed by atoms with E-state index in [4.69, 9.17) is 4.74 Å². The summed E-state index contributed by atoms with van der Waals surface area (Å²) < 4.78 is 6.03. The van der Waals surface area contributed by atoms with Crippen molar-refractivity contribution < 1.29 is 4.74 Å². The molecule has 4 nitrogen and oxygen atoms in total. The highest BCUT2D eigenvalue weighted by Crippen LogP contribution is 2.20. The van der Waals surface area contributed by atoms with Crippen molar-refractivity contribution in [3.05, 3.63) is 3.92 Å². The normalized spacial score (nSPS) is 11.7. The number of hydrogen-bond donors (Lipinski definition) is 1. The molecule has 0 bridgehead atoms. The van der Waals surface area contributed by atoms with E-state index in [0.717, 1.165) is 9.05 Å². The minimum atomic E-state index is -0.182. The average Bonchev–Trinajstić information content (AvgIpc) is 2.48. The van der Waals surface area contributed by atoms with Crippen molar-refractivity contribution in [1.82, 2.24) is 10.2 Å². The molecule has 0 aromatic carbocycles. The molecule has 0 unspecified atom stereocenters. The van der Waals surface area contributed by atoms with Crippen molar-refractivity contribution in [2.24, 2.45) is 0 Å². The minimum absolute atomic E-state index is 0.182. The van der Waals surface area contributed by atoms with Crippen LogP contribution in [0.25, 0.3) is 0 Å². The third-order valence-electron chi connectivity index (χ3n) is 1.62. The van der Waals surface area contributed by atoms with Crippen LogP contribution in [0.15, 0.2) is 3.92 Å². The number of rotatable bonds is 4. The molecule has 0 fully saturated rings. The number of hydrogen-bond acceptors (Lipinski definition) is 5. The van der Waals surface area contributed by atoms with Gasteiger partial charge in [-0.05, 0) is 29.8 Å². The summed E-state index contributed by atoms with van der Waals surface area (Å²) >= 11 is 4.71. The molecule has 0 spiro atoms. The molecule has 0 aliphatic rings. The number of nitrogens with zero attached hydrogens (tertiary/aromatic N) is 2. The summed E-state index contributed by atoms with van der Waals surface area (Å²) in [6, 6.07) is 0. The second-order valence-corrected chi connectivity index (χ2v) is 5.43. The molecule has 1 aromatic heterocycles. The molecule has 0 saturated heterocycles. The Morgan fingerprint density at radius 3 is 2.69 bits per heavy atom. The fourth-order valence-corrected chi connectivity index (χ4v) is 1.64. The van der Waals surface area contributed by atoms with Gasteiger partial charge in [-0.25, -0.2) is 0 Å². The summed E-state index contributed by atoms with van der Waals surface area (Å²) in [6.07, 6.45) is 0. The van der Waals surface area contributed by atoms with Crippen LogP contribution in [-0.4, -0.2) is 29.5 Å². The average molecular weight is 266 g/mol. The molecule has 0 aliphatic carbocycles. The van der Waals surface area contributed by atoms with Crippen LogP contribution in [0.3, 0.4) is 0 Å². The quantitative estimate of drug-likeness (QED) is 0.907. The van der Waals surface area contributed by atoms with Crippen molar-refractivity contribution in [2.75, 3.05) is 19.0 Å². The summed E-state index contributed by atoms with van der Waals surface area (Å²) in [4.78, 5) is 0. The van der Waals surface area contributed by atoms with Crippen LogP contribution in [0.4, 0.5) is 5.13 Å².